The first-order chi connectivity index (χ1) is 9.29. The third-order valence-corrected chi connectivity index (χ3v) is 5.63. The molecule has 0 fully saturated rings. The van der Waals surface area contributed by atoms with Crippen LogP contribution in [0.5, 0.6) is 0 Å². The van der Waals surface area contributed by atoms with E-state index in [2.05, 4.69) is 4.72 Å². The van der Waals surface area contributed by atoms with E-state index in [1.807, 2.05) is 0 Å². The average Bonchev–Trinajstić information content (AvgIpc) is 2.79. The Hall–Kier alpha value is -1.57. The maximum absolute atomic E-state index is 12.1. The van der Waals surface area contributed by atoms with E-state index < -0.39 is 16.0 Å². The smallest absolute Gasteiger partial charge is 0.335 e. The summed E-state index contributed by atoms with van der Waals surface area (Å²) < 4.78 is 27.1. The Balaban J connectivity index is 2.39. The molecule has 0 saturated heterocycles. The van der Waals surface area contributed by atoms with E-state index in [1.54, 1.807) is 13.0 Å². The topological polar surface area (TPSA) is 83.5 Å². The lowest BCUT2D eigenvalue weighted by Crippen LogP contribution is -2.13. The molecular formula is C12H10ClNO4S2. The molecule has 5 nitrogen and oxygen atoms in total. The Labute approximate surface area is 124 Å². The van der Waals surface area contributed by atoms with Crippen molar-refractivity contribution in [1.82, 2.24) is 0 Å². The molecule has 0 aliphatic carbocycles. The monoisotopic (exact) mass is 331 g/mol. The first-order valence-electron chi connectivity index (χ1n) is 5.42. The van der Waals surface area contributed by atoms with Crippen LogP contribution in [-0.4, -0.2) is 19.5 Å². The molecule has 0 bridgehead atoms. The number of benzene rings is 1. The molecule has 2 N–H and O–H groups in total. The van der Waals surface area contributed by atoms with Gasteiger partial charge in [0, 0.05) is 0 Å². The molecule has 1 heterocycles. The normalized spacial score (nSPS) is 11.3. The summed E-state index contributed by atoms with van der Waals surface area (Å²) in [5, 5.41) is 8.93. The van der Waals surface area contributed by atoms with Crippen molar-refractivity contribution < 1.29 is 18.3 Å². The highest BCUT2D eigenvalue weighted by Gasteiger charge is 2.18. The molecule has 0 spiro atoms. The molecule has 1 aromatic heterocycles. The summed E-state index contributed by atoms with van der Waals surface area (Å²) in [5.74, 6) is -1.12. The number of aromatic carboxylic acids is 1. The van der Waals surface area contributed by atoms with E-state index in [0.717, 1.165) is 11.3 Å². The van der Waals surface area contributed by atoms with Gasteiger partial charge in [0.2, 0.25) is 0 Å². The maximum atomic E-state index is 12.1. The van der Waals surface area contributed by atoms with Gasteiger partial charge in [0.1, 0.15) is 4.21 Å². The molecule has 0 radical (unpaired) electrons. The van der Waals surface area contributed by atoms with E-state index in [4.69, 9.17) is 16.7 Å². The molecule has 2 aromatic rings. The fourth-order valence-electron chi connectivity index (χ4n) is 1.50. The molecule has 0 unspecified atom stereocenters. The Morgan fingerprint density at radius 1 is 1.30 bits per heavy atom. The van der Waals surface area contributed by atoms with Crippen LogP contribution < -0.4 is 4.72 Å². The van der Waals surface area contributed by atoms with Crippen molar-refractivity contribution in [3.63, 3.8) is 0 Å². The van der Waals surface area contributed by atoms with Gasteiger partial charge in [0.15, 0.2) is 0 Å². The number of carbonyl (C=O) groups is 1. The van der Waals surface area contributed by atoms with Gasteiger partial charge in [-0.25, -0.2) is 13.2 Å². The maximum Gasteiger partial charge on any atom is 0.335 e. The van der Waals surface area contributed by atoms with Gasteiger partial charge in [-0.2, -0.15) is 0 Å². The minimum atomic E-state index is -3.77. The van der Waals surface area contributed by atoms with Crippen molar-refractivity contribution >= 4 is 44.6 Å². The van der Waals surface area contributed by atoms with Crippen LogP contribution in [-0.2, 0) is 10.0 Å². The van der Waals surface area contributed by atoms with Crippen molar-refractivity contribution in [2.24, 2.45) is 0 Å². The van der Waals surface area contributed by atoms with Crippen LogP contribution >= 0.6 is 22.9 Å². The molecule has 1 aromatic carbocycles. The van der Waals surface area contributed by atoms with E-state index in [0.29, 0.717) is 9.90 Å². The number of hydrogen-bond acceptors (Lipinski definition) is 4. The van der Waals surface area contributed by atoms with Crippen molar-refractivity contribution in [3.05, 3.63) is 45.8 Å². The Morgan fingerprint density at radius 2 is 2.00 bits per heavy atom. The number of sulfonamides is 1. The average molecular weight is 332 g/mol. The molecule has 20 heavy (non-hydrogen) atoms. The molecule has 8 heteroatoms. The molecule has 0 aliphatic rings. The number of carboxylic acid groups (broad SMARTS) is 1. The quantitative estimate of drug-likeness (QED) is 0.901. The zero-order valence-corrected chi connectivity index (χ0v) is 12.6. The molecule has 2 rings (SSSR count). The first-order valence-corrected chi connectivity index (χ1v) is 8.09. The largest absolute Gasteiger partial charge is 0.478 e. The summed E-state index contributed by atoms with van der Waals surface area (Å²) in [7, 11) is -3.77. The zero-order chi connectivity index (χ0) is 14.9. The summed E-state index contributed by atoms with van der Waals surface area (Å²) in [6.45, 7) is 1.69. The van der Waals surface area contributed by atoms with Gasteiger partial charge in [-0.3, -0.25) is 4.72 Å². The highest BCUT2D eigenvalue weighted by molar-refractivity contribution is 7.94. The molecular weight excluding hydrogens is 322 g/mol. The predicted molar refractivity (Wildman–Crippen MR) is 78.3 cm³/mol. The lowest BCUT2D eigenvalue weighted by molar-refractivity contribution is 0.0697. The predicted octanol–water partition coefficient (Wildman–Crippen LogP) is 3.21. The lowest BCUT2D eigenvalue weighted by Gasteiger charge is -2.10. The van der Waals surface area contributed by atoms with Gasteiger partial charge >= 0.3 is 5.97 Å². The molecule has 0 saturated carbocycles. The van der Waals surface area contributed by atoms with Crippen molar-refractivity contribution in [2.45, 2.75) is 11.1 Å². The fourth-order valence-corrected chi connectivity index (χ4v) is 4.11. The third-order valence-electron chi connectivity index (χ3n) is 2.54. The van der Waals surface area contributed by atoms with E-state index in [9.17, 15) is 13.2 Å². The van der Waals surface area contributed by atoms with Crippen LogP contribution in [0, 0.1) is 6.92 Å². The number of carboxylic acids is 1. The number of aryl methyl sites for hydroxylation is 1. The third kappa shape index (κ3) is 3.12. The zero-order valence-electron chi connectivity index (χ0n) is 10.3. The van der Waals surface area contributed by atoms with Crippen LogP contribution in [0.15, 0.2) is 34.5 Å². The summed E-state index contributed by atoms with van der Waals surface area (Å²) >= 11 is 6.65. The van der Waals surface area contributed by atoms with Crippen LogP contribution in [0.1, 0.15) is 15.9 Å². The van der Waals surface area contributed by atoms with Crippen molar-refractivity contribution in [2.75, 3.05) is 4.72 Å². The number of rotatable bonds is 4. The van der Waals surface area contributed by atoms with E-state index in [1.165, 1.54) is 24.3 Å². The van der Waals surface area contributed by atoms with Gasteiger partial charge in [-0.05, 0) is 36.8 Å². The van der Waals surface area contributed by atoms with Gasteiger partial charge < -0.3 is 5.11 Å². The van der Waals surface area contributed by atoms with E-state index in [-0.39, 0.29) is 15.5 Å². The van der Waals surface area contributed by atoms with Crippen LogP contribution in [0.25, 0.3) is 0 Å². The molecule has 0 aliphatic heterocycles. The molecule has 0 amide bonds. The standard InChI is InChI=1S/C12H10ClNO4S2/c1-7-2-3-8(12(15)16)6-9(7)14-20(17,18)11-5-4-10(13)19-11/h2-6,14H,1H3,(H,15,16). The highest BCUT2D eigenvalue weighted by Crippen LogP contribution is 2.28. The molecule has 0 atom stereocenters. The van der Waals surface area contributed by atoms with Gasteiger partial charge in [0.25, 0.3) is 10.0 Å². The minimum absolute atomic E-state index is 0.0116. The van der Waals surface area contributed by atoms with Crippen LogP contribution in [0.3, 0.4) is 0 Å². The number of thiophene rings is 1. The highest BCUT2D eigenvalue weighted by atomic mass is 35.5. The number of halogens is 1. The lowest BCUT2D eigenvalue weighted by atomic mass is 10.1. The number of hydrogen-bond donors (Lipinski definition) is 2. The fraction of sp³-hybridized carbons (Fsp3) is 0.0833. The number of anilines is 1. The second kappa shape index (κ2) is 5.43. The first kappa shape index (κ1) is 14.8. The summed E-state index contributed by atoms with van der Waals surface area (Å²) in [6, 6.07) is 7.12. The number of nitrogens with one attached hydrogen (secondary N) is 1. The SMILES string of the molecule is Cc1ccc(C(=O)O)cc1NS(=O)(=O)c1ccc(Cl)s1. The van der Waals surface area contributed by atoms with Gasteiger partial charge in [0.05, 0.1) is 15.6 Å². The summed E-state index contributed by atoms with van der Waals surface area (Å²) in [5.41, 5.74) is 0.869. The molecule has 106 valence electrons. The van der Waals surface area contributed by atoms with Crippen LogP contribution in [0.2, 0.25) is 4.34 Å². The second-order valence-corrected chi connectivity index (χ2v) is 7.62. The van der Waals surface area contributed by atoms with Gasteiger partial charge in [-0.15, -0.1) is 11.3 Å². The Kier molecular flexibility index (Phi) is 4.03. The Morgan fingerprint density at radius 3 is 2.55 bits per heavy atom. The van der Waals surface area contributed by atoms with Crippen LogP contribution in [0.4, 0.5) is 5.69 Å². The Bertz CT molecular complexity index is 768. The summed E-state index contributed by atoms with van der Waals surface area (Å²) in [6.07, 6.45) is 0. The second-order valence-electron chi connectivity index (χ2n) is 4.00. The summed E-state index contributed by atoms with van der Waals surface area (Å²) in [4.78, 5) is 10.9. The van der Waals surface area contributed by atoms with Gasteiger partial charge in [-0.1, -0.05) is 17.7 Å². The minimum Gasteiger partial charge on any atom is -0.478 e. The van der Waals surface area contributed by atoms with E-state index >= 15 is 0 Å². The van der Waals surface area contributed by atoms with Crippen molar-refractivity contribution in [3.8, 4) is 0 Å². The van der Waals surface area contributed by atoms with Crippen molar-refractivity contribution in [1.29, 1.82) is 0 Å².